The van der Waals surface area contributed by atoms with Crippen molar-refractivity contribution >= 4 is 10.1 Å². The van der Waals surface area contributed by atoms with Gasteiger partial charge in [0.2, 0.25) is 0 Å². The Hall–Kier alpha value is -0.870. The molecule has 0 heterocycles. The molecule has 0 unspecified atom stereocenters. The standard InChI is InChI=1S/C26H46O3S/c1-23(2)19-16-14-12-10-8-6-5-7-9-11-13-15-17-22-29-30(27,28)26-21-18-20-24(3)25(26)4/h18,20-21,23H,5-17,19,22H2,1-4H3. The summed E-state index contributed by atoms with van der Waals surface area (Å²) in [6, 6.07) is 5.32. The highest BCUT2D eigenvalue weighted by molar-refractivity contribution is 7.86. The van der Waals surface area contributed by atoms with Gasteiger partial charge < -0.3 is 0 Å². The topological polar surface area (TPSA) is 43.4 Å². The van der Waals surface area contributed by atoms with Gasteiger partial charge in [-0.25, -0.2) is 0 Å². The van der Waals surface area contributed by atoms with Crippen LogP contribution in [0.15, 0.2) is 23.1 Å². The first-order valence-corrected chi connectivity index (χ1v) is 13.7. The molecular weight excluding hydrogens is 392 g/mol. The van der Waals surface area contributed by atoms with Gasteiger partial charge in [0.15, 0.2) is 0 Å². The summed E-state index contributed by atoms with van der Waals surface area (Å²) in [4.78, 5) is 0.304. The molecule has 0 spiro atoms. The lowest BCUT2D eigenvalue weighted by atomic mass is 10.0. The average molecular weight is 439 g/mol. The van der Waals surface area contributed by atoms with E-state index in [2.05, 4.69) is 13.8 Å². The summed E-state index contributed by atoms with van der Waals surface area (Å²) in [7, 11) is -3.64. The molecule has 3 nitrogen and oxygen atoms in total. The first-order valence-electron chi connectivity index (χ1n) is 12.3. The molecule has 30 heavy (non-hydrogen) atoms. The maximum absolute atomic E-state index is 12.3. The first kappa shape index (κ1) is 27.2. The third kappa shape index (κ3) is 12.1. The van der Waals surface area contributed by atoms with Crippen LogP contribution < -0.4 is 0 Å². The van der Waals surface area contributed by atoms with Crippen molar-refractivity contribution in [2.75, 3.05) is 6.61 Å². The van der Waals surface area contributed by atoms with Gasteiger partial charge in [0.25, 0.3) is 10.1 Å². The molecule has 4 heteroatoms. The van der Waals surface area contributed by atoms with Crippen LogP contribution in [0.3, 0.4) is 0 Å². The highest BCUT2D eigenvalue weighted by Gasteiger charge is 2.18. The van der Waals surface area contributed by atoms with E-state index < -0.39 is 10.1 Å². The molecule has 0 atom stereocenters. The summed E-state index contributed by atoms with van der Waals surface area (Å²) in [5.41, 5.74) is 1.75. The summed E-state index contributed by atoms with van der Waals surface area (Å²) in [5, 5.41) is 0. The molecule has 0 bridgehead atoms. The number of benzene rings is 1. The van der Waals surface area contributed by atoms with Gasteiger partial charge in [0.1, 0.15) is 0 Å². The molecule has 0 radical (unpaired) electrons. The van der Waals surface area contributed by atoms with Crippen LogP contribution in [-0.4, -0.2) is 15.0 Å². The minimum atomic E-state index is -3.64. The third-order valence-electron chi connectivity index (χ3n) is 5.99. The second kappa shape index (κ2) is 15.9. The lowest BCUT2D eigenvalue weighted by Crippen LogP contribution is -2.09. The first-order chi connectivity index (χ1) is 14.3. The molecule has 0 aliphatic rings. The molecule has 0 amide bonds. The monoisotopic (exact) mass is 438 g/mol. The number of hydrogen-bond donors (Lipinski definition) is 0. The van der Waals surface area contributed by atoms with Crippen LogP contribution in [0.5, 0.6) is 0 Å². The van der Waals surface area contributed by atoms with Crippen LogP contribution in [0.25, 0.3) is 0 Å². The van der Waals surface area contributed by atoms with Gasteiger partial charge in [-0.2, -0.15) is 8.42 Å². The predicted molar refractivity (Wildman–Crippen MR) is 129 cm³/mol. The summed E-state index contributed by atoms with van der Waals surface area (Å²) < 4.78 is 29.9. The Balaban J connectivity index is 1.94. The van der Waals surface area contributed by atoms with Crippen molar-refractivity contribution in [3.05, 3.63) is 29.3 Å². The number of hydrogen-bond acceptors (Lipinski definition) is 3. The summed E-state index contributed by atoms with van der Waals surface area (Å²) in [5.74, 6) is 0.855. The molecule has 1 rings (SSSR count). The van der Waals surface area contributed by atoms with E-state index >= 15 is 0 Å². The van der Waals surface area contributed by atoms with Crippen molar-refractivity contribution in [1.82, 2.24) is 0 Å². The highest BCUT2D eigenvalue weighted by Crippen LogP contribution is 2.21. The van der Waals surface area contributed by atoms with Crippen molar-refractivity contribution in [3.8, 4) is 0 Å². The normalized spacial score (nSPS) is 12.0. The maximum Gasteiger partial charge on any atom is 0.297 e. The highest BCUT2D eigenvalue weighted by atomic mass is 32.2. The predicted octanol–water partition coefficient (Wildman–Crippen LogP) is 8.13. The molecule has 1 aromatic carbocycles. The minimum Gasteiger partial charge on any atom is -0.266 e. The van der Waals surface area contributed by atoms with Crippen LogP contribution >= 0.6 is 0 Å². The molecule has 0 aromatic heterocycles. The Bertz CT molecular complexity index is 665. The molecule has 0 saturated heterocycles. The summed E-state index contributed by atoms with van der Waals surface area (Å²) in [6.45, 7) is 8.66. The molecule has 174 valence electrons. The van der Waals surface area contributed by atoms with E-state index in [9.17, 15) is 8.42 Å². The second-order valence-corrected chi connectivity index (χ2v) is 10.8. The molecular formula is C26H46O3S. The van der Waals surface area contributed by atoms with Gasteiger partial charge in [-0.05, 0) is 43.4 Å². The van der Waals surface area contributed by atoms with Gasteiger partial charge in [-0.3, -0.25) is 4.18 Å². The SMILES string of the molecule is Cc1cccc(S(=O)(=O)OCCCCCCCCCCCCCCCC(C)C)c1C. The van der Waals surface area contributed by atoms with Crippen molar-refractivity contribution in [3.63, 3.8) is 0 Å². The fourth-order valence-corrected chi connectivity index (χ4v) is 5.07. The van der Waals surface area contributed by atoms with Crippen molar-refractivity contribution in [2.24, 2.45) is 5.92 Å². The fourth-order valence-electron chi connectivity index (χ4n) is 3.83. The minimum absolute atomic E-state index is 0.285. The van der Waals surface area contributed by atoms with Gasteiger partial charge in [-0.1, -0.05) is 109 Å². The largest absolute Gasteiger partial charge is 0.297 e. The zero-order valence-electron chi connectivity index (χ0n) is 20.0. The fraction of sp³-hybridized carbons (Fsp3) is 0.769. The Morgan fingerprint density at radius 2 is 1.20 bits per heavy atom. The van der Waals surface area contributed by atoms with E-state index in [4.69, 9.17) is 4.18 Å². The van der Waals surface area contributed by atoms with Crippen LogP contribution in [0.1, 0.15) is 115 Å². The van der Waals surface area contributed by atoms with Crippen LogP contribution in [0.2, 0.25) is 0 Å². The van der Waals surface area contributed by atoms with E-state index in [1.54, 1.807) is 12.1 Å². The molecule has 0 N–H and O–H groups in total. The molecule has 1 aromatic rings. The van der Waals surface area contributed by atoms with Crippen LogP contribution in [0.4, 0.5) is 0 Å². The van der Waals surface area contributed by atoms with Crippen molar-refractivity contribution in [1.29, 1.82) is 0 Å². The summed E-state index contributed by atoms with van der Waals surface area (Å²) >= 11 is 0. The Morgan fingerprint density at radius 3 is 1.70 bits per heavy atom. The number of unbranched alkanes of at least 4 members (excludes halogenated alkanes) is 12. The van der Waals surface area contributed by atoms with E-state index in [1.807, 2.05) is 19.9 Å². The van der Waals surface area contributed by atoms with Crippen molar-refractivity contribution < 1.29 is 12.6 Å². The van der Waals surface area contributed by atoms with E-state index in [0.29, 0.717) is 4.90 Å². The molecule has 0 saturated carbocycles. The Labute approximate surface area is 187 Å². The molecule has 0 fully saturated rings. The quantitative estimate of drug-likeness (QED) is 0.172. The van der Waals surface area contributed by atoms with Crippen LogP contribution in [-0.2, 0) is 14.3 Å². The molecule has 0 aliphatic heterocycles. The van der Waals surface area contributed by atoms with Crippen LogP contribution in [0, 0.1) is 19.8 Å². The molecule has 0 aliphatic carbocycles. The zero-order chi connectivity index (χ0) is 22.2. The van der Waals surface area contributed by atoms with Gasteiger partial charge in [0.05, 0.1) is 11.5 Å². The smallest absolute Gasteiger partial charge is 0.266 e. The Kier molecular flexibility index (Phi) is 14.4. The number of rotatable bonds is 18. The zero-order valence-corrected chi connectivity index (χ0v) is 20.9. The lowest BCUT2D eigenvalue weighted by molar-refractivity contribution is 0.306. The maximum atomic E-state index is 12.3. The van der Waals surface area contributed by atoms with Gasteiger partial charge >= 0.3 is 0 Å². The third-order valence-corrected chi connectivity index (χ3v) is 7.45. The second-order valence-electron chi connectivity index (χ2n) is 9.25. The van der Waals surface area contributed by atoms with E-state index in [0.717, 1.165) is 29.9 Å². The van der Waals surface area contributed by atoms with E-state index in [-0.39, 0.29) is 6.61 Å². The lowest BCUT2D eigenvalue weighted by Gasteiger charge is -2.10. The van der Waals surface area contributed by atoms with Gasteiger partial charge in [0, 0.05) is 0 Å². The van der Waals surface area contributed by atoms with Gasteiger partial charge in [-0.15, -0.1) is 0 Å². The number of aryl methyl sites for hydroxylation is 1. The summed E-state index contributed by atoms with van der Waals surface area (Å²) in [6.07, 6.45) is 18.1. The average Bonchev–Trinajstić information content (AvgIpc) is 2.69. The van der Waals surface area contributed by atoms with Crippen molar-refractivity contribution in [2.45, 2.75) is 122 Å². The van der Waals surface area contributed by atoms with E-state index in [1.165, 1.54) is 77.0 Å². The Morgan fingerprint density at radius 1 is 0.733 bits per heavy atom.